The van der Waals surface area contributed by atoms with Crippen LogP contribution in [0.4, 0.5) is 5.69 Å². The van der Waals surface area contributed by atoms with Crippen LogP contribution in [-0.2, 0) is 14.4 Å². The molecule has 0 unspecified atom stereocenters. The Labute approximate surface area is 230 Å². The van der Waals surface area contributed by atoms with Crippen LogP contribution in [0.25, 0.3) is 10.8 Å². The molecule has 1 fully saturated rings. The Morgan fingerprint density at radius 2 is 1.50 bits per heavy atom. The van der Waals surface area contributed by atoms with Crippen LogP contribution in [0, 0.1) is 0 Å². The van der Waals surface area contributed by atoms with Crippen molar-refractivity contribution in [2.75, 3.05) is 11.4 Å². The molecular weight excluding hydrogens is 504 g/mol. The van der Waals surface area contributed by atoms with Gasteiger partial charge in [-0.3, -0.25) is 19.4 Å². The van der Waals surface area contributed by atoms with Crippen molar-refractivity contribution in [3.8, 4) is 0 Å². The molecule has 0 saturated carbocycles. The zero-order valence-corrected chi connectivity index (χ0v) is 21.4. The van der Waals surface area contributed by atoms with Crippen molar-refractivity contribution in [1.29, 1.82) is 0 Å². The van der Waals surface area contributed by atoms with E-state index >= 15 is 0 Å². The van der Waals surface area contributed by atoms with Crippen LogP contribution in [0.3, 0.4) is 0 Å². The zero-order valence-electron chi connectivity index (χ0n) is 21.4. The molecular formula is C31H24N6O3. The highest BCUT2D eigenvalue weighted by molar-refractivity contribution is 6.27. The molecule has 0 spiro atoms. The lowest BCUT2D eigenvalue weighted by Crippen LogP contribution is -2.44. The van der Waals surface area contributed by atoms with Gasteiger partial charge in [0.2, 0.25) is 0 Å². The molecule has 3 atom stereocenters. The average molecular weight is 529 g/mol. The topological polar surface area (TPSA) is 98.0 Å². The van der Waals surface area contributed by atoms with Gasteiger partial charge in [0.15, 0.2) is 12.1 Å². The molecule has 4 aromatic rings. The Morgan fingerprint density at radius 3 is 2.30 bits per heavy atom. The maximum absolute atomic E-state index is 13.7. The normalized spacial score (nSPS) is 21.9. The third kappa shape index (κ3) is 3.86. The first-order chi connectivity index (χ1) is 19.6. The van der Waals surface area contributed by atoms with Gasteiger partial charge in [0, 0.05) is 11.8 Å². The molecule has 7 rings (SSSR count). The van der Waals surface area contributed by atoms with Gasteiger partial charge in [-0.25, -0.2) is 9.91 Å². The summed E-state index contributed by atoms with van der Waals surface area (Å²) in [6.07, 6.45) is 0.555. The third-order valence-corrected chi connectivity index (χ3v) is 7.62. The second-order valence-electron chi connectivity index (χ2n) is 9.98. The first-order valence-corrected chi connectivity index (χ1v) is 13.1. The number of amides is 3. The molecule has 3 aliphatic rings. The second kappa shape index (κ2) is 9.53. The zero-order chi connectivity index (χ0) is 27.2. The van der Waals surface area contributed by atoms with Gasteiger partial charge in [-0.15, -0.1) is 0 Å². The summed E-state index contributed by atoms with van der Waals surface area (Å²) in [5.74, 6) is -1.22. The lowest BCUT2D eigenvalue weighted by molar-refractivity contribution is -0.135. The van der Waals surface area contributed by atoms with Gasteiger partial charge in [0.05, 0.1) is 17.4 Å². The number of hydrogen-bond donors (Lipinski definition) is 0. The van der Waals surface area contributed by atoms with E-state index in [1.807, 2.05) is 97.1 Å². The van der Waals surface area contributed by atoms with Gasteiger partial charge in [0.25, 0.3) is 17.7 Å². The molecule has 0 aliphatic carbocycles. The van der Waals surface area contributed by atoms with Crippen LogP contribution in [0.5, 0.6) is 0 Å². The van der Waals surface area contributed by atoms with E-state index < -0.39 is 23.9 Å². The standard InChI is InChI=1S/C31H24N6O3/c38-27(37-26(22-13-5-2-6-14-22)18-24(33-37)21-11-3-1-4-12-21)19-35-29-28(32-34-35)30(39)36(31(29)40)25-17-9-15-20-10-7-8-16-23(20)25/h1-17,26,28-29H,18-19H2/t26-,28+,29-/m0/s1. The number of imide groups is 1. The van der Waals surface area contributed by atoms with Crippen molar-refractivity contribution < 1.29 is 14.4 Å². The lowest BCUT2D eigenvalue weighted by atomic mass is 9.98. The van der Waals surface area contributed by atoms with Gasteiger partial charge in [-0.1, -0.05) is 102 Å². The molecule has 4 aromatic carbocycles. The van der Waals surface area contributed by atoms with E-state index in [-0.39, 0.29) is 18.5 Å². The number of carbonyl (C=O) groups excluding carboxylic acids is 3. The van der Waals surface area contributed by atoms with E-state index in [9.17, 15) is 14.4 Å². The highest BCUT2D eigenvalue weighted by atomic mass is 16.2. The van der Waals surface area contributed by atoms with E-state index in [4.69, 9.17) is 5.10 Å². The number of rotatable bonds is 5. The Kier molecular flexibility index (Phi) is 5.70. The predicted octanol–water partition coefficient (Wildman–Crippen LogP) is 4.51. The fourth-order valence-electron chi connectivity index (χ4n) is 5.69. The molecule has 3 amide bonds. The Hall–Kier alpha value is -5.18. The van der Waals surface area contributed by atoms with Crippen molar-refractivity contribution in [2.24, 2.45) is 15.4 Å². The summed E-state index contributed by atoms with van der Waals surface area (Å²) in [5.41, 5.74) is 3.21. The minimum Gasteiger partial charge on any atom is -0.271 e. The van der Waals surface area contributed by atoms with Gasteiger partial charge >= 0.3 is 0 Å². The predicted molar refractivity (Wildman–Crippen MR) is 149 cm³/mol. The van der Waals surface area contributed by atoms with Gasteiger partial charge in [-0.05, 0) is 22.6 Å². The van der Waals surface area contributed by atoms with Gasteiger partial charge < -0.3 is 0 Å². The van der Waals surface area contributed by atoms with Crippen molar-refractivity contribution in [1.82, 2.24) is 10.0 Å². The van der Waals surface area contributed by atoms with Crippen LogP contribution in [0.2, 0.25) is 0 Å². The molecule has 40 heavy (non-hydrogen) atoms. The molecule has 9 nitrogen and oxygen atoms in total. The van der Waals surface area contributed by atoms with Crippen molar-refractivity contribution in [3.63, 3.8) is 0 Å². The minimum absolute atomic E-state index is 0.234. The maximum Gasteiger partial charge on any atom is 0.264 e. The monoisotopic (exact) mass is 528 g/mol. The van der Waals surface area contributed by atoms with Crippen LogP contribution >= 0.6 is 0 Å². The molecule has 9 heteroatoms. The van der Waals surface area contributed by atoms with E-state index in [1.54, 1.807) is 6.07 Å². The molecule has 1 saturated heterocycles. The number of nitrogens with zero attached hydrogens (tertiary/aromatic N) is 6. The maximum atomic E-state index is 13.7. The minimum atomic E-state index is -0.994. The molecule has 3 aliphatic heterocycles. The van der Waals surface area contributed by atoms with E-state index in [0.29, 0.717) is 12.1 Å². The van der Waals surface area contributed by atoms with Crippen LogP contribution in [0.15, 0.2) is 119 Å². The number of hydrogen-bond acceptors (Lipinski definition) is 7. The van der Waals surface area contributed by atoms with Crippen LogP contribution in [-0.4, -0.2) is 52.1 Å². The molecule has 0 bridgehead atoms. The summed E-state index contributed by atoms with van der Waals surface area (Å²) in [5, 5.41) is 17.4. The molecule has 0 aromatic heterocycles. The number of hydrazone groups is 1. The second-order valence-corrected chi connectivity index (χ2v) is 9.98. The van der Waals surface area contributed by atoms with Gasteiger partial charge in [0.1, 0.15) is 6.54 Å². The number of anilines is 1. The molecule has 3 heterocycles. The SMILES string of the molecule is O=C1[C@@H]2[C@@H](N=NN2CC(=O)N2N=C(c3ccccc3)C[C@H]2c2ccccc2)C(=O)N1c1cccc2ccccc12. The van der Waals surface area contributed by atoms with Gasteiger partial charge in [-0.2, -0.15) is 10.2 Å². The van der Waals surface area contributed by atoms with Crippen molar-refractivity contribution in [3.05, 3.63) is 114 Å². The first-order valence-electron chi connectivity index (χ1n) is 13.1. The Morgan fingerprint density at radius 1 is 0.800 bits per heavy atom. The quantitative estimate of drug-likeness (QED) is 0.356. The number of fused-ring (bicyclic) bond motifs is 2. The fourth-order valence-corrected chi connectivity index (χ4v) is 5.69. The highest BCUT2D eigenvalue weighted by Gasteiger charge is 2.55. The third-order valence-electron chi connectivity index (χ3n) is 7.62. The van der Waals surface area contributed by atoms with E-state index in [0.717, 1.165) is 27.6 Å². The van der Waals surface area contributed by atoms with Crippen molar-refractivity contribution >= 4 is 39.9 Å². The molecule has 0 radical (unpaired) electrons. The first kappa shape index (κ1) is 23.9. The van der Waals surface area contributed by atoms with E-state index in [2.05, 4.69) is 10.3 Å². The summed E-state index contributed by atoms with van der Waals surface area (Å²) in [7, 11) is 0. The van der Waals surface area contributed by atoms with Crippen LogP contribution in [0.1, 0.15) is 23.6 Å². The fraction of sp³-hybridized carbons (Fsp3) is 0.161. The summed E-state index contributed by atoms with van der Waals surface area (Å²) in [6, 6.07) is 30.3. The summed E-state index contributed by atoms with van der Waals surface area (Å²) < 4.78 is 0. The number of benzene rings is 4. The Bertz CT molecular complexity index is 1700. The molecule has 0 N–H and O–H groups in total. The highest BCUT2D eigenvalue weighted by Crippen LogP contribution is 2.37. The lowest BCUT2D eigenvalue weighted by Gasteiger charge is -2.25. The Balaban J connectivity index is 1.17. The molecule has 196 valence electrons. The van der Waals surface area contributed by atoms with Crippen molar-refractivity contribution in [2.45, 2.75) is 24.5 Å². The summed E-state index contributed by atoms with van der Waals surface area (Å²) in [6.45, 7) is -0.234. The van der Waals surface area contributed by atoms with E-state index in [1.165, 1.54) is 14.9 Å². The number of carbonyl (C=O) groups is 3. The summed E-state index contributed by atoms with van der Waals surface area (Å²) in [4.78, 5) is 42.0. The largest absolute Gasteiger partial charge is 0.271 e. The van der Waals surface area contributed by atoms with Crippen LogP contribution < -0.4 is 4.90 Å². The average Bonchev–Trinajstić information content (AvgIpc) is 3.69. The smallest absolute Gasteiger partial charge is 0.264 e. The summed E-state index contributed by atoms with van der Waals surface area (Å²) >= 11 is 0.